The van der Waals surface area contributed by atoms with E-state index in [1.807, 2.05) is 19.9 Å². The lowest BCUT2D eigenvalue weighted by atomic mass is 9.83. The Hall–Kier alpha value is -0.280. The highest BCUT2D eigenvalue weighted by molar-refractivity contribution is 9.10. The van der Waals surface area contributed by atoms with Gasteiger partial charge in [0.2, 0.25) is 0 Å². The molecule has 0 heterocycles. The van der Waals surface area contributed by atoms with Crippen molar-refractivity contribution in [1.82, 2.24) is 0 Å². The number of hydrogen-bond donors (Lipinski definition) is 0. The molecule has 1 fully saturated rings. The van der Waals surface area contributed by atoms with Gasteiger partial charge in [-0.3, -0.25) is 4.79 Å². The fraction of sp³-hybridized carbons (Fsp3) is 0.706. The van der Waals surface area contributed by atoms with Gasteiger partial charge in [-0.05, 0) is 53.0 Å². The van der Waals surface area contributed by atoms with Crippen molar-refractivity contribution in [2.45, 2.75) is 76.1 Å². The van der Waals surface area contributed by atoms with Crippen molar-refractivity contribution >= 4 is 33.5 Å². The van der Waals surface area contributed by atoms with Crippen molar-refractivity contribution in [2.75, 3.05) is 0 Å². The molecule has 2 nitrogen and oxygen atoms in total. The highest BCUT2D eigenvalue weighted by Gasteiger charge is 2.35. The van der Waals surface area contributed by atoms with E-state index >= 15 is 0 Å². The molecule has 0 saturated heterocycles. The third-order valence-corrected chi connectivity index (χ3v) is 5.79. The van der Waals surface area contributed by atoms with E-state index in [1.54, 1.807) is 0 Å². The van der Waals surface area contributed by atoms with Crippen LogP contribution < -0.4 is 0 Å². The number of hydrogen-bond acceptors (Lipinski definition) is 2. The lowest BCUT2D eigenvalue weighted by Gasteiger charge is -2.35. The minimum Gasteiger partial charge on any atom is -0.458 e. The molecule has 1 rings (SSSR count). The van der Waals surface area contributed by atoms with Crippen molar-refractivity contribution in [1.29, 1.82) is 0 Å². The minimum atomic E-state index is -0.234. The van der Waals surface area contributed by atoms with E-state index in [-0.39, 0.29) is 21.8 Å². The molecule has 0 aliphatic heterocycles. The number of rotatable bonds is 4. The van der Waals surface area contributed by atoms with Crippen LogP contribution in [0.2, 0.25) is 0 Å². The molecular weight excluding hydrogens is 352 g/mol. The van der Waals surface area contributed by atoms with Gasteiger partial charge in [0.25, 0.3) is 0 Å². The average molecular weight is 378 g/mol. The van der Waals surface area contributed by atoms with Crippen LogP contribution in [0.4, 0.5) is 0 Å². The Balaban J connectivity index is 2.81. The SMILES string of the molecule is CC(=O)O[C@@H](C=C(C)C)C/C(C)=C1\CC[C@](C)(Br)[C@@H](Cl)C1. The molecule has 1 saturated carbocycles. The first-order chi connectivity index (χ1) is 9.61. The number of carbonyl (C=O) groups is 1. The second-order valence-corrected chi connectivity index (χ2v) is 8.77. The van der Waals surface area contributed by atoms with Crippen LogP contribution in [-0.4, -0.2) is 21.8 Å². The average Bonchev–Trinajstić information content (AvgIpc) is 2.30. The highest BCUT2D eigenvalue weighted by atomic mass is 79.9. The number of carbonyl (C=O) groups excluding carboxylic acids is 1. The normalized spacial score (nSPS) is 29.6. The molecular formula is C17H26BrClO2. The second kappa shape index (κ2) is 7.82. The number of halogens is 2. The maximum absolute atomic E-state index is 11.2. The van der Waals surface area contributed by atoms with Crippen molar-refractivity contribution in [2.24, 2.45) is 0 Å². The van der Waals surface area contributed by atoms with Gasteiger partial charge in [-0.15, -0.1) is 11.6 Å². The Kier molecular flexibility index (Phi) is 6.99. The first-order valence-corrected chi connectivity index (χ1v) is 8.67. The summed E-state index contributed by atoms with van der Waals surface area (Å²) < 4.78 is 5.42. The topological polar surface area (TPSA) is 26.3 Å². The maximum atomic E-state index is 11.2. The Morgan fingerprint density at radius 1 is 1.48 bits per heavy atom. The second-order valence-electron chi connectivity index (χ2n) is 6.43. The van der Waals surface area contributed by atoms with Crippen LogP contribution >= 0.6 is 27.5 Å². The van der Waals surface area contributed by atoms with Gasteiger partial charge < -0.3 is 4.74 Å². The largest absolute Gasteiger partial charge is 0.458 e. The van der Waals surface area contributed by atoms with Crippen LogP contribution in [-0.2, 0) is 9.53 Å². The highest BCUT2D eigenvalue weighted by Crippen LogP contribution is 2.42. The van der Waals surface area contributed by atoms with Crippen LogP contribution in [0.1, 0.15) is 60.3 Å². The molecule has 21 heavy (non-hydrogen) atoms. The molecule has 0 spiro atoms. The molecule has 0 radical (unpaired) electrons. The van der Waals surface area contributed by atoms with Crippen LogP contribution in [0, 0.1) is 0 Å². The Morgan fingerprint density at radius 2 is 2.10 bits per heavy atom. The fourth-order valence-corrected chi connectivity index (χ4v) is 3.29. The number of alkyl halides is 2. The third-order valence-electron chi connectivity index (χ3n) is 3.94. The lowest BCUT2D eigenvalue weighted by molar-refractivity contribution is -0.144. The summed E-state index contributed by atoms with van der Waals surface area (Å²) in [6.45, 7) is 9.78. The standard InChI is InChI=1S/C17H26BrClO2/c1-11(2)8-15(21-13(4)20)9-12(3)14-6-7-17(5,18)16(19)10-14/h8,15-16H,6-7,9-10H2,1-5H3/b14-12+/t15-,16-,17-/m0/s1. The molecule has 1 aliphatic carbocycles. The van der Waals surface area contributed by atoms with E-state index < -0.39 is 0 Å². The molecule has 0 amide bonds. The number of esters is 1. The van der Waals surface area contributed by atoms with Gasteiger partial charge in [0.05, 0.1) is 5.38 Å². The summed E-state index contributed by atoms with van der Waals surface area (Å²) in [5, 5.41) is 0.104. The van der Waals surface area contributed by atoms with Crippen LogP contribution in [0.3, 0.4) is 0 Å². The van der Waals surface area contributed by atoms with E-state index in [9.17, 15) is 4.79 Å². The predicted octanol–water partition coefficient (Wildman–Crippen LogP) is 5.54. The number of ether oxygens (including phenoxy) is 1. The minimum absolute atomic E-state index is 0.0214. The molecule has 3 atom stereocenters. The zero-order valence-corrected chi connectivity index (χ0v) is 16.0. The first-order valence-electron chi connectivity index (χ1n) is 7.44. The molecule has 0 aromatic heterocycles. The van der Waals surface area contributed by atoms with E-state index in [2.05, 4.69) is 29.8 Å². The lowest BCUT2D eigenvalue weighted by Crippen LogP contribution is -2.33. The van der Waals surface area contributed by atoms with Crippen LogP contribution in [0.5, 0.6) is 0 Å². The summed E-state index contributed by atoms with van der Waals surface area (Å²) in [7, 11) is 0. The van der Waals surface area contributed by atoms with Crippen molar-refractivity contribution in [3.63, 3.8) is 0 Å². The van der Waals surface area contributed by atoms with Gasteiger partial charge >= 0.3 is 5.97 Å². The van der Waals surface area contributed by atoms with E-state index in [4.69, 9.17) is 16.3 Å². The Morgan fingerprint density at radius 3 is 2.57 bits per heavy atom. The summed E-state index contributed by atoms with van der Waals surface area (Å²) in [6, 6.07) is 0. The zero-order valence-electron chi connectivity index (χ0n) is 13.6. The van der Waals surface area contributed by atoms with Gasteiger partial charge in [0.15, 0.2) is 0 Å². The summed E-state index contributed by atoms with van der Waals surface area (Å²) in [5.74, 6) is -0.234. The van der Waals surface area contributed by atoms with Gasteiger partial charge in [0.1, 0.15) is 6.10 Å². The molecule has 120 valence electrons. The van der Waals surface area contributed by atoms with Gasteiger partial charge in [-0.1, -0.05) is 32.6 Å². The van der Waals surface area contributed by atoms with Crippen molar-refractivity contribution < 1.29 is 9.53 Å². The summed E-state index contributed by atoms with van der Waals surface area (Å²) in [6.07, 6.45) is 5.58. The number of allylic oxidation sites excluding steroid dienone is 2. The molecule has 0 unspecified atom stereocenters. The monoisotopic (exact) mass is 376 g/mol. The summed E-state index contributed by atoms with van der Waals surface area (Å²) >= 11 is 10.2. The molecule has 4 heteroatoms. The summed E-state index contributed by atoms with van der Waals surface area (Å²) in [5.41, 5.74) is 3.87. The molecule has 0 N–H and O–H groups in total. The Labute approximate surface area is 142 Å². The van der Waals surface area contributed by atoms with Gasteiger partial charge in [-0.25, -0.2) is 0 Å². The Bertz CT molecular complexity index is 448. The van der Waals surface area contributed by atoms with E-state index in [1.165, 1.54) is 18.1 Å². The molecule has 0 aromatic carbocycles. The summed E-state index contributed by atoms with van der Waals surface area (Å²) in [4.78, 5) is 11.2. The quantitative estimate of drug-likeness (QED) is 0.365. The molecule has 0 aromatic rings. The fourth-order valence-electron chi connectivity index (χ4n) is 2.64. The molecule has 1 aliphatic rings. The third kappa shape index (κ3) is 6.15. The van der Waals surface area contributed by atoms with E-state index in [0.717, 1.165) is 31.3 Å². The molecule has 0 bridgehead atoms. The van der Waals surface area contributed by atoms with Crippen molar-refractivity contribution in [3.8, 4) is 0 Å². The van der Waals surface area contributed by atoms with Crippen molar-refractivity contribution in [3.05, 3.63) is 22.8 Å². The zero-order chi connectivity index (χ0) is 16.2. The van der Waals surface area contributed by atoms with Gasteiger partial charge in [0, 0.05) is 17.7 Å². The van der Waals surface area contributed by atoms with Crippen LogP contribution in [0.15, 0.2) is 22.8 Å². The van der Waals surface area contributed by atoms with E-state index in [0.29, 0.717) is 0 Å². The maximum Gasteiger partial charge on any atom is 0.303 e. The predicted molar refractivity (Wildman–Crippen MR) is 93.1 cm³/mol. The van der Waals surface area contributed by atoms with Gasteiger partial charge in [-0.2, -0.15) is 0 Å². The smallest absolute Gasteiger partial charge is 0.303 e. The first kappa shape index (κ1) is 18.8. The van der Waals surface area contributed by atoms with Crippen LogP contribution in [0.25, 0.3) is 0 Å².